The van der Waals surface area contributed by atoms with E-state index in [4.69, 9.17) is 4.42 Å². The molecule has 1 fully saturated rings. The summed E-state index contributed by atoms with van der Waals surface area (Å²) in [6.45, 7) is 22.2. The smallest absolute Gasteiger partial charge is 0.333 e. The minimum Gasteiger partial charge on any atom is -0.456 e. The highest BCUT2D eigenvalue weighted by Crippen LogP contribution is 2.62. The van der Waals surface area contributed by atoms with Crippen molar-refractivity contribution in [3.05, 3.63) is 106 Å². The summed E-state index contributed by atoms with van der Waals surface area (Å²) in [6, 6.07) is 29.1. The first kappa shape index (κ1) is 34.8. The standard InChI is InChI=1S/C52H57BN2O/c1-10-11-16-33-26-40-48-41(27-33)53-47-37(23-31(2)24-44(47)54(48)52(9)20-15-14-19-51(40,52)8)35-29-46-36(34-17-12-13-18-45(34)56-46)28-43(35)55(53)42-30-39-38(25-32(42)3)49(4,5)21-22-50(39,6)7/h12-13,17-18,23-30H,10-11,14-16,19-22H2,1-9H3. The quantitative estimate of drug-likeness (QED) is 0.168. The molecule has 0 saturated heterocycles. The fourth-order valence-electron chi connectivity index (χ4n) is 12.5. The zero-order valence-corrected chi connectivity index (χ0v) is 35.2. The van der Waals surface area contributed by atoms with Crippen LogP contribution in [0.3, 0.4) is 0 Å². The van der Waals surface area contributed by atoms with Gasteiger partial charge in [-0.1, -0.05) is 103 Å². The first-order valence-corrected chi connectivity index (χ1v) is 21.8. The molecule has 4 heterocycles. The summed E-state index contributed by atoms with van der Waals surface area (Å²) in [6.07, 6.45) is 11.0. The number of furan rings is 1. The van der Waals surface area contributed by atoms with E-state index in [0.717, 1.165) is 17.6 Å². The summed E-state index contributed by atoms with van der Waals surface area (Å²) >= 11 is 0. The first-order chi connectivity index (χ1) is 26.8. The number of anilines is 4. The van der Waals surface area contributed by atoms with E-state index in [0.29, 0.717) is 0 Å². The average molecular weight is 737 g/mol. The van der Waals surface area contributed by atoms with Gasteiger partial charge in [-0.25, -0.2) is 0 Å². The van der Waals surface area contributed by atoms with E-state index in [1.165, 1.54) is 135 Å². The monoisotopic (exact) mass is 736 g/mol. The highest BCUT2D eigenvalue weighted by molar-refractivity contribution is 6.93. The lowest BCUT2D eigenvalue weighted by Crippen LogP contribution is -2.64. The van der Waals surface area contributed by atoms with E-state index in [2.05, 4.69) is 145 Å². The van der Waals surface area contributed by atoms with Gasteiger partial charge in [0.2, 0.25) is 0 Å². The number of rotatable bonds is 4. The van der Waals surface area contributed by atoms with Crippen molar-refractivity contribution in [2.24, 2.45) is 0 Å². The summed E-state index contributed by atoms with van der Waals surface area (Å²) in [4.78, 5) is 5.70. The highest BCUT2D eigenvalue weighted by Gasteiger charge is 2.62. The van der Waals surface area contributed by atoms with Crippen LogP contribution in [0.4, 0.5) is 22.7 Å². The molecule has 2 atom stereocenters. The van der Waals surface area contributed by atoms with Crippen LogP contribution in [-0.4, -0.2) is 12.4 Å². The number of benzene rings is 5. The van der Waals surface area contributed by atoms with E-state index >= 15 is 0 Å². The average Bonchev–Trinajstić information content (AvgIpc) is 3.63. The Morgan fingerprint density at radius 1 is 0.679 bits per heavy atom. The zero-order chi connectivity index (χ0) is 38.7. The van der Waals surface area contributed by atoms with Gasteiger partial charge < -0.3 is 14.1 Å². The predicted molar refractivity (Wildman–Crippen MR) is 239 cm³/mol. The van der Waals surface area contributed by atoms with E-state index in [1.807, 2.05) is 0 Å². The lowest BCUT2D eigenvalue weighted by molar-refractivity contribution is 0.195. The molecule has 56 heavy (non-hydrogen) atoms. The minimum atomic E-state index is 0.00336. The Morgan fingerprint density at radius 3 is 2.21 bits per heavy atom. The summed E-state index contributed by atoms with van der Waals surface area (Å²) < 4.78 is 6.68. The van der Waals surface area contributed by atoms with Crippen molar-refractivity contribution in [3.8, 4) is 11.1 Å². The van der Waals surface area contributed by atoms with Crippen LogP contribution in [0.15, 0.2) is 77.2 Å². The van der Waals surface area contributed by atoms with Crippen LogP contribution < -0.4 is 20.6 Å². The highest BCUT2D eigenvalue weighted by atomic mass is 16.3. The Labute approximate surface area is 334 Å². The molecule has 0 amide bonds. The fraction of sp³-hybridized carbons (Fsp3) is 0.423. The molecule has 284 valence electrons. The Hall–Kier alpha value is -4.44. The van der Waals surface area contributed by atoms with E-state index in [-0.39, 0.29) is 28.6 Å². The van der Waals surface area contributed by atoms with Gasteiger partial charge in [0.25, 0.3) is 0 Å². The molecule has 5 aliphatic rings. The number of hydrogen-bond donors (Lipinski definition) is 0. The molecule has 0 bridgehead atoms. The van der Waals surface area contributed by atoms with Crippen LogP contribution >= 0.6 is 0 Å². The molecular formula is C52H57BN2O. The Bertz CT molecular complexity index is 2680. The molecule has 3 nitrogen and oxygen atoms in total. The van der Waals surface area contributed by atoms with Gasteiger partial charge in [0, 0.05) is 44.5 Å². The molecule has 5 aromatic carbocycles. The van der Waals surface area contributed by atoms with Crippen molar-refractivity contribution in [3.63, 3.8) is 0 Å². The summed E-state index contributed by atoms with van der Waals surface area (Å²) in [5.41, 5.74) is 22.3. The third-order valence-corrected chi connectivity index (χ3v) is 16.0. The molecule has 11 rings (SSSR count). The van der Waals surface area contributed by atoms with Crippen LogP contribution in [-0.2, 0) is 22.7 Å². The van der Waals surface area contributed by atoms with Crippen molar-refractivity contribution < 1.29 is 4.42 Å². The second-order valence-corrected chi connectivity index (χ2v) is 20.3. The molecule has 4 heteroatoms. The maximum atomic E-state index is 6.68. The lowest BCUT2D eigenvalue weighted by Gasteiger charge is -2.53. The predicted octanol–water partition coefficient (Wildman–Crippen LogP) is 12.9. The largest absolute Gasteiger partial charge is 0.456 e. The van der Waals surface area contributed by atoms with Crippen molar-refractivity contribution in [2.75, 3.05) is 9.71 Å². The Kier molecular flexibility index (Phi) is 7.06. The molecule has 1 saturated carbocycles. The van der Waals surface area contributed by atoms with Gasteiger partial charge in [-0.05, 0) is 150 Å². The molecule has 2 unspecified atom stereocenters. The molecule has 3 aliphatic heterocycles. The second-order valence-electron chi connectivity index (χ2n) is 20.3. The van der Waals surface area contributed by atoms with Crippen molar-refractivity contribution in [1.82, 2.24) is 0 Å². The first-order valence-electron chi connectivity index (χ1n) is 21.8. The third-order valence-electron chi connectivity index (χ3n) is 16.0. The van der Waals surface area contributed by atoms with Crippen molar-refractivity contribution in [2.45, 2.75) is 142 Å². The lowest BCUT2D eigenvalue weighted by atomic mass is 9.43. The number of fused-ring (bicyclic) bond motifs is 11. The van der Waals surface area contributed by atoms with Crippen molar-refractivity contribution >= 4 is 62.5 Å². The molecule has 6 aromatic rings. The molecule has 2 aliphatic carbocycles. The van der Waals surface area contributed by atoms with Gasteiger partial charge in [0.15, 0.2) is 0 Å². The Balaban J connectivity index is 1.29. The van der Waals surface area contributed by atoms with Crippen LogP contribution in [0.25, 0.3) is 33.1 Å². The molecule has 0 spiro atoms. The van der Waals surface area contributed by atoms with Gasteiger partial charge in [-0.15, -0.1) is 0 Å². The number of aryl methyl sites for hydroxylation is 3. The number of hydrogen-bond acceptors (Lipinski definition) is 3. The van der Waals surface area contributed by atoms with Crippen LogP contribution in [0, 0.1) is 13.8 Å². The topological polar surface area (TPSA) is 19.6 Å². The number of nitrogens with zero attached hydrogens (tertiary/aromatic N) is 2. The molecular weight excluding hydrogens is 679 g/mol. The van der Waals surface area contributed by atoms with Gasteiger partial charge in [0.1, 0.15) is 11.2 Å². The van der Waals surface area contributed by atoms with E-state index in [1.54, 1.807) is 5.56 Å². The maximum Gasteiger partial charge on any atom is 0.333 e. The van der Waals surface area contributed by atoms with Gasteiger partial charge >= 0.3 is 6.85 Å². The second kappa shape index (κ2) is 11.4. The normalized spacial score (nSPS) is 23.6. The zero-order valence-electron chi connectivity index (χ0n) is 35.2. The van der Waals surface area contributed by atoms with Gasteiger partial charge in [0.05, 0.1) is 5.54 Å². The molecule has 1 aromatic heterocycles. The van der Waals surface area contributed by atoms with Gasteiger partial charge in [-0.2, -0.15) is 0 Å². The van der Waals surface area contributed by atoms with Gasteiger partial charge in [-0.3, -0.25) is 0 Å². The van der Waals surface area contributed by atoms with Crippen LogP contribution in [0.1, 0.15) is 133 Å². The fourth-order valence-corrected chi connectivity index (χ4v) is 12.5. The summed E-state index contributed by atoms with van der Waals surface area (Å²) in [5, 5.41) is 2.39. The number of unbranched alkanes of at least 4 members (excludes halogenated alkanes) is 1. The minimum absolute atomic E-state index is 0.00336. The maximum absolute atomic E-state index is 6.68. The Morgan fingerprint density at radius 2 is 1.43 bits per heavy atom. The third kappa shape index (κ3) is 4.37. The SMILES string of the molecule is CCCCc1cc2c3c(c1)C1(C)CCCCC1(C)N3c1cc(C)cc3c1B2N(c1cc2c(cc1C)C(C)(C)CCC2(C)C)c1cc2c(cc1-3)oc1ccccc12. The van der Waals surface area contributed by atoms with E-state index in [9.17, 15) is 0 Å². The molecule has 0 radical (unpaired) electrons. The van der Waals surface area contributed by atoms with Crippen LogP contribution in [0.5, 0.6) is 0 Å². The van der Waals surface area contributed by atoms with Crippen LogP contribution in [0.2, 0.25) is 0 Å². The van der Waals surface area contributed by atoms with Crippen molar-refractivity contribution in [1.29, 1.82) is 0 Å². The number of para-hydroxylation sites is 1. The van der Waals surface area contributed by atoms with E-state index < -0.39 is 0 Å². The summed E-state index contributed by atoms with van der Waals surface area (Å²) in [5.74, 6) is 0. The summed E-state index contributed by atoms with van der Waals surface area (Å²) in [7, 11) is 0. The molecule has 0 N–H and O–H groups in total.